The lowest BCUT2D eigenvalue weighted by molar-refractivity contribution is -0.385. The highest BCUT2D eigenvalue weighted by molar-refractivity contribution is 5.89. The van der Waals surface area contributed by atoms with E-state index in [1.807, 2.05) is 13.0 Å². The molecule has 0 atom stereocenters. The maximum absolute atomic E-state index is 11.7. The lowest BCUT2D eigenvalue weighted by atomic mass is 10.2. The van der Waals surface area contributed by atoms with E-state index in [2.05, 4.69) is 15.4 Å². The summed E-state index contributed by atoms with van der Waals surface area (Å²) in [7, 11) is 0. The number of aromatic nitrogens is 3. The van der Waals surface area contributed by atoms with Crippen LogP contribution in [0.1, 0.15) is 18.4 Å². The smallest absolute Gasteiger partial charge is 0.306 e. The molecule has 8 nitrogen and oxygen atoms in total. The molecule has 1 N–H and O–H groups in total. The fourth-order valence-electron chi connectivity index (χ4n) is 1.78. The first kappa shape index (κ1) is 14.6. The Bertz CT molecular complexity index is 653. The first-order chi connectivity index (χ1) is 10.0. The van der Waals surface area contributed by atoms with Crippen LogP contribution in [-0.2, 0) is 11.3 Å². The van der Waals surface area contributed by atoms with Gasteiger partial charge in [-0.2, -0.15) is 5.10 Å². The average Bonchev–Trinajstić information content (AvgIpc) is 2.87. The minimum Gasteiger partial charge on any atom is -0.311 e. The highest BCUT2D eigenvalue weighted by atomic mass is 16.6. The van der Waals surface area contributed by atoms with Gasteiger partial charge in [0.05, 0.1) is 4.92 Å². The molecule has 110 valence electrons. The average molecular weight is 289 g/mol. The Kier molecular flexibility index (Phi) is 4.60. The van der Waals surface area contributed by atoms with Gasteiger partial charge in [0.25, 0.3) is 0 Å². The summed E-state index contributed by atoms with van der Waals surface area (Å²) in [6.45, 7) is 2.37. The number of nitrogens with one attached hydrogen (secondary N) is 1. The summed E-state index contributed by atoms with van der Waals surface area (Å²) < 4.78 is 1.45. The van der Waals surface area contributed by atoms with Gasteiger partial charge < -0.3 is 5.32 Å². The largest absolute Gasteiger partial charge is 0.311 e. The number of carbonyl (C=O) groups is 1. The number of hydrogen-bond acceptors (Lipinski definition) is 5. The number of rotatable bonds is 6. The Morgan fingerprint density at radius 3 is 3.00 bits per heavy atom. The van der Waals surface area contributed by atoms with E-state index in [4.69, 9.17) is 0 Å². The molecular formula is C13H15N5O3. The zero-order valence-corrected chi connectivity index (χ0v) is 11.5. The van der Waals surface area contributed by atoms with Crippen molar-refractivity contribution in [1.82, 2.24) is 14.8 Å². The number of nitrogens with zero attached hydrogens (tertiary/aromatic N) is 4. The number of hydrogen-bond donors (Lipinski definition) is 1. The van der Waals surface area contributed by atoms with Crippen molar-refractivity contribution in [2.75, 3.05) is 5.32 Å². The molecule has 2 aromatic heterocycles. The molecule has 2 rings (SSSR count). The fourth-order valence-corrected chi connectivity index (χ4v) is 1.78. The van der Waals surface area contributed by atoms with Crippen LogP contribution in [0.5, 0.6) is 0 Å². The van der Waals surface area contributed by atoms with Gasteiger partial charge in [-0.05, 0) is 31.0 Å². The van der Waals surface area contributed by atoms with Gasteiger partial charge >= 0.3 is 5.69 Å². The quantitative estimate of drug-likeness (QED) is 0.646. The molecule has 0 aromatic carbocycles. The van der Waals surface area contributed by atoms with Crippen LogP contribution >= 0.6 is 0 Å². The Hall–Kier alpha value is -2.77. The zero-order valence-electron chi connectivity index (χ0n) is 11.5. The van der Waals surface area contributed by atoms with Gasteiger partial charge in [-0.1, -0.05) is 0 Å². The number of nitro groups is 1. The van der Waals surface area contributed by atoms with Crippen LogP contribution in [0.3, 0.4) is 0 Å². The van der Waals surface area contributed by atoms with Gasteiger partial charge in [0.2, 0.25) is 5.91 Å². The zero-order chi connectivity index (χ0) is 15.2. The normalized spacial score (nSPS) is 10.3. The molecule has 21 heavy (non-hydrogen) atoms. The first-order valence-corrected chi connectivity index (χ1v) is 6.44. The Balaban J connectivity index is 1.77. The molecule has 0 spiro atoms. The second-order valence-electron chi connectivity index (χ2n) is 4.59. The summed E-state index contributed by atoms with van der Waals surface area (Å²) in [4.78, 5) is 25.8. The van der Waals surface area contributed by atoms with Gasteiger partial charge in [0.15, 0.2) is 0 Å². The van der Waals surface area contributed by atoms with Gasteiger partial charge in [-0.25, -0.2) is 4.98 Å². The summed E-state index contributed by atoms with van der Waals surface area (Å²) in [5.74, 6) is 0.379. The molecule has 0 aliphatic heterocycles. The van der Waals surface area contributed by atoms with Crippen LogP contribution in [0.2, 0.25) is 0 Å². The Morgan fingerprint density at radius 2 is 2.33 bits per heavy atom. The van der Waals surface area contributed by atoms with Crippen LogP contribution in [0.25, 0.3) is 0 Å². The number of aryl methyl sites for hydroxylation is 2. The van der Waals surface area contributed by atoms with Crippen molar-refractivity contribution in [3.63, 3.8) is 0 Å². The van der Waals surface area contributed by atoms with Gasteiger partial charge in [-0.3, -0.25) is 19.6 Å². The van der Waals surface area contributed by atoms with Gasteiger partial charge in [0.1, 0.15) is 18.2 Å². The molecule has 2 heterocycles. The monoisotopic (exact) mass is 289 g/mol. The summed E-state index contributed by atoms with van der Waals surface area (Å²) in [6.07, 6.45) is 5.00. The van der Waals surface area contributed by atoms with E-state index < -0.39 is 4.92 Å². The maximum atomic E-state index is 11.7. The number of anilines is 1. The highest BCUT2D eigenvalue weighted by Gasteiger charge is 2.09. The van der Waals surface area contributed by atoms with E-state index in [1.165, 1.54) is 17.1 Å². The summed E-state index contributed by atoms with van der Waals surface area (Å²) in [5.41, 5.74) is 0.965. The van der Waals surface area contributed by atoms with E-state index in [0.29, 0.717) is 25.2 Å². The predicted molar refractivity (Wildman–Crippen MR) is 75.7 cm³/mol. The number of amides is 1. The van der Waals surface area contributed by atoms with Crippen LogP contribution < -0.4 is 5.32 Å². The molecular weight excluding hydrogens is 274 g/mol. The maximum Gasteiger partial charge on any atom is 0.306 e. The van der Waals surface area contributed by atoms with Crippen molar-refractivity contribution in [2.24, 2.45) is 0 Å². The lowest BCUT2D eigenvalue weighted by Crippen LogP contribution is -2.13. The molecule has 0 radical (unpaired) electrons. The molecule has 8 heteroatoms. The van der Waals surface area contributed by atoms with E-state index in [9.17, 15) is 14.9 Å². The molecule has 0 saturated carbocycles. The summed E-state index contributed by atoms with van der Waals surface area (Å²) in [5, 5.41) is 17.1. The molecule has 0 fully saturated rings. The summed E-state index contributed by atoms with van der Waals surface area (Å²) >= 11 is 0. The van der Waals surface area contributed by atoms with Crippen LogP contribution in [0.4, 0.5) is 11.5 Å². The minimum atomic E-state index is -0.500. The van der Waals surface area contributed by atoms with Crippen molar-refractivity contribution < 1.29 is 9.72 Å². The Morgan fingerprint density at radius 1 is 1.52 bits per heavy atom. The SMILES string of the molecule is Cc1ccnc(NC(=O)CCCn2cc([N+](=O)[O-])cn2)c1. The third-order valence-corrected chi connectivity index (χ3v) is 2.80. The second-order valence-corrected chi connectivity index (χ2v) is 4.59. The van der Waals surface area contributed by atoms with Crippen molar-refractivity contribution >= 4 is 17.4 Å². The minimum absolute atomic E-state index is 0.0524. The third kappa shape index (κ3) is 4.37. The van der Waals surface area contributed by atoms with Crippen molar-refractivity contribution in [2.45, 2.75) is 26.3 Å². The van der Waals surface area contributed by atoms with Gasteiger partial charge in [0, 0.05) is 19.2 Å². The molecule has 0 unspecified atom stereocenters. The molecule has 0 aliphatic rings. The highest BCUT2D eigenvalue weighted by Crippen LogP contribution is 2.09. The second kappa shape index (κ2) is 6.60. The van der Waals surface area contributed by atoms with E-state index in [-0.39, 0.29) is 11.6 Å². The summed E-state index contributed by atoms with van der Waals surface area (Å²) in [6, 6.07) is 3.63. The Labute approximate surface area is 121 Å². The van der Waals surface area contributed by atoms with Crippen molar-refractivity contribution in [1.29, 1.82) is 0 Å². The molecule has 0 bridgehead atoms. The topological polar surface area (TPSA) is 103 Å². The molecule has 2 aromatic rings. The van der Waals surface area contributed by atoms with E-state index in [1.54, 1.807) is 12.3 Å². The molecule has 0 aliphatic carbocycles. The third-order valence-electron chi connectivity index (χ3n) is 2.80. The van der Waals surface area contributed by atoms with E-state index in [0.717, 1.165) is 5.56 Å². The molecule has 1 amide bonds. The van der Waals surface area contributed by atoms with Crippen LogP contribution in [0.15, 0.2) is 30.7 Å². The predicted octanol–water partition coefficient (Wildman–Crippen LogP) is 1.91. The van der Waals surface area contributed by atoms with E-state index >= 15 is 0 Å². The molecule has 0 saturated heterocycles. The fraction of sp³-hybridized carbons (Fsp3) is 0.308. The van der Waals surface area contributed by atoms with Crippen molar-refractivity contribution in [3.8, 4) is 0 Å². The van der Waals surface area contributed by atoms with Crippen LogP contribution in [0, 0.1) is 17.0 Å². The van der Waals surface area contributed by atoms with Gasteiger partial charge in [-0.15, -0.1) is 0 Å². The van der Waals surface area contributed by atoms with Crippen LogP contribution in [-0.4, -0.2) is 25.6 Å². The number of carbonyl (C=O) groups excluding carboxylic acids is 1. The van der Waals surface area contributed by atoms with Crippen molar-refractivity contribution in [3.05, 3.63) is 46.4 Å². The first-order valence-electron chi connectivity index (χ1n) is 6.44. The number of pyridine rings is 1. The standard InChI is InChI=1S/C13H15N5O3/c1-10-4-5-14-12(7-10)16-13(19)3-2-6-17-9-11(8-15-17)18(20)21/h4-5,7-9H,2-3,6H2,1H3,(H,14,16,19). The lowest BCUT2D eigenvalue weighted by Gasteiger charge is -2.05.